The molecule has 2 fully saturated rings. The highest BCUT2D eigenvalue weighted by Crippen LogP contribution is 2.31. The molecule has 0 radical (unpaired) electrons. The number of hydrogen-bond acceptors (Lipinski definition) is 5. The second kappa shape index (κ2) is 9.47. The first kappa shape index (κ1) is 21.3. The van der Waals surface area contributed by atoms with Crippen molar-refractivity contribution in [2.24, 2.45) is 10.9 Å². The van der Waals surface area contributed by atoms with Gasteiger partial charge >= 0.3 is 0 Å². The van der Waals surface area contributed by atoms with Gasteiger partial charge in [0.2, 0.25) is 5.91 Å². The minimum absolute atomic E-state index is 0.0830. The standard InChI is InChI=1S/C22H32N4O3S/c27-22(16-26(19-11-12-19)15-17-6-2-1-3-7-17)24-18-8-4-9-20(14-18)30(28,29)25-21-10-5-13-23-21/h4,8-9,14,17,19H,1-3,5-7,10-13,15-16H2,(H,23,25)(H,24,27). The first-order chi connectivity index (χ1) is 14.5. The van der Waals surface area contributed by atoms with E-state index in [0.29, 0.717) is 43.0 Å². The summed E-state index contributed by atoms with van der Waals surface area (Å²) in [6, 6.07) is 6.96. The highest BCUT2D eigenvalue weighted by molar-refractivity contribution is 7.90. The number of amidine groups is 1. The molecule has 1 aromatic carbocycles. The minimum atomic E-state index is -3.69. The number of hydrogen-bond donors (Lipinski definition) is 2. The first-order valence-corrected chi connectivity index (χ1v) is 12.7. The fraction of sp³-hybridized carbons (Fsp3) is 0.636. The highest BCUT2D eigenvalue weighted by atomic mass is 32.2. The molecule has 1 amide bonds. The van der Waals surface area contributed by atoms with E-state index in [0.717, 1.165) is 13.0 Å². The van der Waals surface area contributed by atoms with Crippen LogP contribution < -0.4 is 10.0 Å². The summed E-state index contributed by atoms with van der Waals surface area (Å²) in [6.45, 7) is 2.03. The predicted octanol–water partition coefficient (Wildman–Crippen LogP) is 3.14. The topological polar surface area (TPSA) is 90.9 Å². The Morgan fingerprint density at radius 2 is 1.90 bits per heavy atom. The monoisotopic (exact) mass is 432 g/mol. The number of carbonyl (C=O) groups excluding carboxylic acids is 1. The van der Waals surface area contributed by atoms with E-state index in [1.165, 1.54) is 57.1 Å². The number of sulfonamides is 1. The Labute approximate surface area is 179 Å². The fourth-order valence-electron chi connectivity index (χ4n) is 4.45. The average molecular weight is 433 g/mol. The normalized spacial score (nSPS) is 20.2. The third-order valence-electron chi connectivity index (χ3n) is 6.18. The molecule has 0 atom stereocenters. The van der Waals surface area contributed by atoms with E-state index >= 15 is 0 Å². The van der Waals surface area contributed by atoms with E-state index in [1.807, 2.05) is 0 Å². The summed E-state index contributed by atoms with van der Waals surface area (Å²) in [6.07, 6.45) is 10.3. The number of rotatable bonds is 8. The van der Waals surface area contributed by atoms with Crippen LogP contribution in [0.25, 0.3) is 0 Å². The predicted molar refractivity (Wildman–Crippen MR) is 118 cm³/mol. The Kier molecular flexibility index (Phi) is 6.73. The van der Waals surface area contributed by atoms with Crippen LogP contribution in [-0.2, 0) is 14.8 Å². The number of carbonyl (C=O) groups is 1. The van der Waals surface area contributed by atoms with E-state index < -0.39 is 10.0 Å². The summed E-state index contributed by atoms with van der Waals surface area (Å²) in [5.74, 6) is 1.12. The van der Waals surface area contributed by atoms with Gasteiger partial charge in [-0.3, -0.25) is 19.4 Å². The molecule has 2 saturated carbocycles. The van der Waals surface area contributed by atoms with Crippen molar-refractivity contribution in [3.8, 4) is 0 Å². The molecule has 30 heavy (non-hydrogen) atoms. The van der Waals surface area contributed by atoms with E-state index in [-0.39, 0.29) is 10.8 Å². The van der Waals surface area contributed by atoms with Crippen LogP contribution in [-0.4, -0.2) is 50.7 Å². The summed E-state index contributed by atoms with van der Waals surface area (Å²) in [7, 11) is -3.69. The Bertz CT molecular complexity index is 889. The third-order valence-corrected chi connectivity index (χ3v) is 7.56. The SMILES string of the molecule is O=C(CN(CC1CCCCC1)C1CC1)Nc1cccc(S(=O)(=O)NC2=NCCC2)c1. The molecule has 0 bridgehead atoms. The van der Waals surface area contributed by atoms with Crippen molar-refractivity contribution in [3.63, 3.8) is 0 Å². The Hall–Kier alpha value is -1.93. The number of anilines is 1. The molecule has 4 rings (SSSR count). The summed E-state index contributed by atoms with van der Waals surface area (Å²) in [5, 5.41) is 2.90. The number of nitrogens with one attached hydrogen (secondary N) is 2. The van der Waals surface area contributed by atoms with Crippen molar-refractivity contribution in [2.45, 2.75) is 68.7 Å². The largest absolute Gasteiger partial charge is 0.325 e. The van der Waals surface area contributed by atoms with Gasteiger partial charge in [0.1, 0.15) is 5.84 Å². The summed E-state index contributed by atoms with van der Waals surface area (Å²) in [4.78, 5) is 19.3. The lowest BCUT2D eigenvalue weighted by Crippen LogP contribution is -2.38. The van der Waals surface area contributed by atoms with Gasteiger partial charge in [0.25, 0.3) is 10.0 Å². The quantitative estimate of drug-likeness (QED) is 0.660. The van der Waals surface area contributed by atoms with E-state index in [9.17, 15) is 13.2 Å². The fourth-order valence-corrected chi connectivity index (χ4v) is 5.58. The lowest BCUT2D eigenvalue weighted by molar-refractivity contribution is -0.117. The van der Waals surface area contributed by atoms with Crippen molar-refractivity contribution >= 4 is 27.5 Å². The molecule has 164 valence electrons. The van der Waals surface area contributed by atoms with Crippen molar-refractivity contribution in [1.82, 2.24) is 9.62 Å². The number of aliphatic imine (C=N–C) groups is 1. The van der Waals surface area contributed by atoms with Crippen molar-refractivity contribution in [2.75, 3.05) is 25.0 Å². The average Bonchev–Trinajstić information content (AvgIpc) is 3.46. The lowest BCUT2D eigenvalue weighted by atomic mass is 9.89. The maximum atomic E-state index is 12.7. The minimum Gasteiger partial charge on any atom is -0.325 e. The second-order valence-electron chi connectivity index (χ2n) is 8.78. The Balaban J connectivity index is 1.36. The van der Waals surface area contributed by atoms with Gasteiger partial charge in [-0.15, -0.1) is 0 Å². The van der Waals surface area contributed by atoms with Crippen LogP contribution in [0.1, 0.15) is 57.8 Å². The molecule has 2 aliphatic carbocycles. The molecule has 1 aliphatic heterocycles. The van der Waals surface area contributed by atoms with Gasteiger partial charge < -0.3 is 5.32 Å². The molecule has 0 saturated heterocycles. The van der Waals surface area contributed by atoms with Crippen LogP contribution in [0.2, 0.25) is 0 Å². The maximum absolute atomic E-state index is 12.7. The molecule has 7 nitrogen and oxygen atoms in total. The van der Waals surface area contributed by atoms with E-state index in [1.54, 1.807) is 12.1 Å². The zero-order valence-electron chi connectivity index (χ0n) is 17.5. The Morgan fingerprint density at radius 1 is 1.10 bits per heavy atom. The van der Waals surface area contributed by atoms with E-state index in [2.05, 4.69) is 19.9 Å². The molecule has 8 heteroatoms. The summed E-state index contributed by atoms with van der Waals surface area (Å²) >= 11 is 0. The van der Waals surface area contributed by atoms with Gasteiger partial charge in [0.15, 0.2) is 0 Å². The van der Waals surface area contributed by atoms with E-state index in [4.69, 9.17) is 0 Å². The molecule has 1 aromatic rings. The van der Waals surface area contributed by atoms with Gasteiger partial charge in [0.05, 0.1) is 11.4 Å². The number of amides is 1. The van der Waals surface area contributed by atoms with Crippen LogP contribution in [0, 0.1) is 5.92 Å². The summed E-state index contributed by atoms with van der Waals surface area (Å²) in [5.41, 5.74) is 0.504. The van der Waals surface area contributed by atoms with Crippen molar-refractivity contribution < 1.29 is 13.2 Å². The lowest BCUT2D eigenvalue weighted by Gasteiger charge is -2.29. The van der Waals surface area contributed by atoms with Gasteiger partial charge in [-0.2, -0.15) is 0 Å². The maximum Gasteiger partial charge on any atom is 0.262 e. The van der Waals surface area contributed by atoms with Gasteiger partial charge in [-0.25, -0.2) is 8.42 Å². The smallest absolute Gasteiger partial charge is 0.262 e. The van der Waals surface area contributed by atoms with Gasteiger partial charge in [-0.1, -0.05) is 25.3 Å². The number of benzene rings is 1. The van der Waals surface area contributed by atoms with Crippen LogP contribution in [0.5, 0.6) is 0 Å². The van der Waals surface area contributed by atoms with Gasteiger partial charge in [-0.05, 0) is 56.2 Å². The van der Waals surface area contributed by atoms with Crippen LogP contribution in [0.3, 0.4) is 0 Å². The second-order valence-corrected chi connectivity index (χ2v) is 10.5. The molecular weight excluding hydrogens is 400 g/mol. The zero-order chi connectivity index (χ0) is 21.0. The highest BCUT2D eigenvalue weighted by Gasteiger charge is 2.32. The van der Waals surface area contributed by atoms with Crippen LogP contribution in [0.4, 0.5) is 5.69 Å². The van der Waals surface area contributed by atoms with Crippen molar-refractivity contribution in [1.29, 1.82) is 0 Å². The van der Waals surface area contributed by atoms with Crippen LogP contribution >= 0.6 is 0 Å². The first-order valence-electron chi connectivity index (χ1n) is 11.2. The molecule has 1 heterocycles. The summed E-state index contributed by atoms with van der Waals surface area (Å²) < 4.78 is 27.8. The molecular formula is C22H32N4O3S. The van der Waals surface area contributed by atoms with Gasteiger partial charge in [0, 0.05) is 31.2 Å². The Morgan fingerprint density at radius 3 is 2.60 bits per heavy atom. The zero-order valence-corrected chi connectivity index (χ0v) is 18.3. The molecule has 0 spiro atoms. The molecule has 3 aliphatic rings. The molecule has 0 aromatic heterocycles. The number of nitrogens with zero attached hydrogens (tertiary/aromatic N) is 2. The molecule has 2 N–H and O–H groups in total. The third kappa shape index (κ3) is 5.82. The van der Waals surface area contributed by atoms with Crippen LogP contribution in [0.15, 0.2) is 34.2 Å². The van der Waals surface area contributed by atoms with Crippen molar-refractivity contribution in [3.05, 3.63) is 24.3 Å². The molecule has 0 unspecified atom stereocenters.